The molecule has 0 aliphatic heterocycles. The van der Waals surface area contributed by atoms with E-state index < -0.39 is 6.04 Å². The average molecular weight is 240 g/mol. The van der Waals surface area contributed by atoms with Crippen molar-refractivity contribution in [3.05, 3.63) is 0 Å². The molecule has 0 saturated heterocycles. The molecule has 0 bridgehead atoms. The summed E-state index contributed by atoms with van der Waals surface area (Å²) in [7, 11) is 0. The number of nitrogens with one attached hydrogen (secondary N) is 1. The van der Waals surface area contributed by atoms with Crippen LogP contribution < -0.4 is 11.1 Å². The molecule has 0 aromatic carbocycles. The topological polar surface area (TPSA) is 55.1 Å². The monoisotopic (exact) mass is 240 g/mol. The highest BCUT2D eigenvalue weighted by molar-refractivity contribution is 5.82. The van der Waals surface area contributed by atoms with Gasteiger partial charge in [0.25, 0.3) is 0 Å². The van der Waals surface area contributed by atoms with Gasteiger partial charge in [-0.05, 0) is 36.5 Å². The minimum Gasteiger partial charge on any atom is -0.352 e. The zero-order valence-electron chi connectivity index (χ0n) is 11.9. The van der Waals surface area contributed by atoms with E-state index in [0.717, 1.165) is 12.3 Å². The summed E-state index contributed by atoms with van der Waals surface area (Å²) in [6, 6.07) is -0.110. The van der Waals surface area contributed by atoms with E-state index >= 15 is 0 Å². The minimum absolute atomic E-state index is 0.00361. The molecule has 100 valence electrons. The van der Waals surface area contributed by atoms with Crippen LogP contribution in [-0.2, 0) is 4.79 Å². The Morgan fingerprint density at radius 3 is 2.35 bits per heavy atom. The molecule has 1 amide bonds. The number of amides is 1. The third-order valence-corrected chi connectivity index (χ3v) is 3.97. The standard InChI is InChI=1S/C14H28N2O/c1-9-6-7-11(10(2)8-9)16-13(17)12(15)14(3,4)5/h9-12H,6-8,15H2,1-5H3,(H,16,17)/t9?,10?,11?,12-/m0/s1. The number of hydrogen-bond donors (Lipinski definition) is 2. The first-order chi connectivity index (χ1) is 7.71. The summed E-state index contributed by atoms with van der Waals surface area (Å²) in [6.07, 6.45) is 3.50. The predicted molar refractivity (Wildman–Crippen MR) is 71.5 cm³/mol. The van der Waals surface area contributed by atoms with E-state index in [2.05, 4.69) is 19.2 Å². The smallest absolute Gasteiger partial charge is 0.237 e. The maximum atomic E-state index is 12.0. The first kappa shape index (κ1) is 14.5. The molecule has 3 nitrogen and oxygen atoms in total. The Morgan fingerprint density at radius 1 is 1.29 bits per heavy atom. The Bertz CT molecular complexity index is 270. The zero-order chi connectivity index (χ0) is 13.2. The van der Waals surface area contributed by atoms with Crippen molar-refractivity contribution in [2.24, 2.45) is 23.0 Å². The molecule has 0 spiro atoms. The summed E-state index contributed by atoms with van der Waals surface area (Å²) < 4.78 is 0. The number of carbonyl (C=O) groups excluding carboxylic acids is 1. The molecule has 4 atom stereocenters. The Balaban J connectivity index is 2.52. The van der Waals surface area contributed by atoms with Crippen LogP contribution in [-0.4, -0.2) is 18.0 Å². The van der Waals surface area contributed by atoms with Gasteiger partial charge in [-0.15, -0.1) is 0 Å². The van der Waals surface area contributed by atoms with Gasteiger partial charge in [-0.25, -0.2) is 0 Å². The fraction of sp³-hybridized carbons (Fsp3) is 0.929. The number of rotatable bonds is 2. The highest BCUT2D eigenvalue weighted by atomic mass is 16.2. The van der Waals surface area contributed by atoms with Crippen molar-refractivity contribution in [1.29, 1.82) is 0 Å². The van der Waals surface area contributed by atoms with Gasteiger partial charge >= 0.3 is 0 Å². The van der Waals surface area contributed by atoms with Crippen molar-refractivity contribution in [2.75, 3.05) is 0 Å². The van der Waals surface area contributed by atoms with Crippen molar-refractivity contribution in [3.63, 3.8) is 0 Å². The molecular formula is C14H28N2O. The van der Waals surface area contributed by atoms with Crippen LogP contribution >= 0.6 is 0 Å². The summed E-state index contributed by atoms with van der Waals surface area (Å²) >= 11 is 0. The van der Waals surface area contributed by atoms with Crippen LogP contribution in [0.3, 0.4) is 0 Å². The van der Waals surface area contributed by atoms with Crippen molar-refractivity contribution in [2.45, 2.75) is 66.0 Å². The lowest BCUT2D eigenvalue weighted by Crippen LogP contribution is -2.53. The molecule has 0 radical (unpaired) electrons. The van der Waals surface area contributed by atoms with Gasteiger partial charge < -0.3 is 11.1 Å². The van der Waals surface area contributed by atoms with E-state index in [1.807, 2.05) is 20.8 Å². The SMILES string of the molecule is CC1CCC(NC(=O)[C@H](N)C(C)(C)C)C(C)C1. The fourth-order valence-corrected chi connectivity index (χ4v) is 2.55. The quantitative estimate of drug-likeness (QED) is 0.778. The fourth-order valence-electron chi connectivity index (χ4n) is 2.55. The van der Waals surface area contributed by atoms with E-state index in [1.165, 1.54) is 12.8 Å². The van der Waals surface area contributed by atoms with Crippen LogP contribution in [0, 0.1) is 17.3 Å². The van der Waals surface area contributed by atoms with E-state index in [4.69, 9.17) is 5.73 Å². The summed E-state index contributed by atoms with van der Waals surface area (Å²) in [5.41, 5.74) is 5.80. The van der Waals surface area contributed by atoms with Crippen molar-refractivity contribution >= 4 is 5.91 Å². The molecule has 1 saturated carbocycles. The summed E-state index contributed by atoms with van der Waals surface area (Å²) in [6.45, 7) is 10.5. The van der Waals surface area contributed by atoms with Crippen LogP contribution in [0.2, 0.25) is 0 Å². The van der Waals surface area contributed by atoms with E-state index in [0.29, 0.717) is 12.0 Å². The van der Waals surface area contributed by atoms with Gasteiger partial charge in [-0.2, -0.15) is 0 Å². The lowest BCUT2D eigenvalue weighted by Gasteiger charge is -2.35. The highest BCUT2D eigenvalue weighted by Gasteiger charge is 2.32. The Labute approximate surface area is 106 Å². The normalized spacial score (nSPS) is 32.0. The Morgan fingerprint density at radius 2 is 1.88 bits per heavy atom. The van der Waals surface area contributed by atoms with E-state index in [1.54, 1.807) is 0 Å². The summed E-state index contributed by atoms with van der Waals surface area (Å²) in [4.78, 5) is 12.0. The summed E-state index contributed by atoms with van der Waals surface area (Å²) in [5, 5.41) is 3.13. The second-order valence-corrected chi connectivity index (χ2v) is 6.85. The van der Waals surface area contributed by atoms with Gasteiger partial charge in [0.15, 0.2) is 0 Å². The van der Waals surface area contributed by atoms with Crippen molar-refractivity contribution in [1.82, 2.24) is 5.32 Å². The minimum atomic E-state index is -0.422. The van der Waals surface area contributed by atoms with E-state index in [-0.39, 0.29) is 11.3 Å². The molecule has 3 unspecified atom stereocenters. The first-order valence-corrected chi connectivity index (χ1v) is 6.77. The van der Waals surface area contributed by atoms with Gasteiger partial charge in [0.2, 0.25) is 5.91 Å². The molecule has 1 aliphatic carbocycles. The molecule has 0 aromatic rings. The van der Waals surface area contributed by atoms with Gasteiger partial charge in [0, 0.05) is 6.04 Å². The molecule has 1 fully saturated rings. The molecular weight excluding hydrogens is 212 g/mol. The van der Waals surface area contributed by atoms with Gasteiger partial charge in [0.1, 0.15) is 0 Å². The molecule has 17 heavy (non-hydrogen) atoms. The van der Waals surface area contributed by atoms with Gasteiger partial charge in [-0.3, -0.25) is 4.79 Å². The Hall–Kier alpha value is -0.570. The lowest BCUT2D eigenvalue weighted by atomic mass is 9.79. The largest absolute Gasteiger partial charge is 0.352 e. The van der Waals surface area contributed by atoms with Crippen LogP contribution in [0.1, 0.15) is 53.9 Å². The number of nitrogens with two attached hydrogens (primary N) is 1. The van der Waals surface area contributed by atoms with Crippen LogP contribution in [0.4, 0.5) is 0 Å². The average Bonchev–Trinajstić information content (AvgIpc) is 2.19. The molecule has 0 aromatic heterocycles. The molecule has 3 N–H and O–H groups in total. The van der Waals surface area contributed by atoms with Crippen molar-refractivity contribution < 1.29 is 4.79 Å². The van der Waals surface area contributed by atoms with Gasteiger partial charge in [-0.1, -0.05) is 34.6 Å². The van der Waals surface area contributed by atoms with Crippen LogP contribution in [0.15, 0.2) is 0 Å². The lowest BCUT2D eigenvalue weighted by molar-refractivity contribution is -0.125. The Kier molecular flexibility index (Phi) is 4.59. The van der Waals surface area contributed by atoms with Crippen LogP contribution in [0.25, 0.3) is 0 Å². The zero-order valence-corrected chi connectivity index (χ0v) is 11.9. The maximum Gasteiger partial charge on any atom is 0.237 e. The van der Waals surface area contributed by atoms with Crippen LogP contribution in [0.5, 0.6) is 0 Å². The second kappa shape index (κ2) is 5.38. The van der Waals surface area contributed by atoms with E-state index in [9.17, 15) is 4.79 Å². The third kappa shape index (κ3) is 3.98. The second-order valence-electron chi connectivity index (χ2n) is 6.85. The third-order valence-electron chi connectivity index (χ3n) is 3.97. The number of hydrogen-bond acceptors (Lipinski definition) is 2. The molecule has 3 heteroatoms. The first-order valence-electron chi connectivity index (χ1n) is 6.77. The maximum absolute atomic E-state index is 12.0. The highest BCUT2D eigenvalue weighted by Crippen LogP contribution is 2.29. The summed E-state index contributed by atoms with van der Waals surface area (Å²) in [5.74, 6) is 1.35. The number of carbonyl (C=O) groups is 1. The van der Waals surface area contributed by atoms with Crippen molar-refractivity contribution in [3.8, 4) is 0 Å². The van der Waals surface area contributed by atoms with Gasteiger partial charge in [0.05, 0.1) is 6.04 Å². The molecule has 1 rings (SSSR count). The predicted octanol–water partition coefficient (Wildman–Crippen LogP) is 2.30. The molecule has 0 heterocycles. The molecule has 1 aliphatic rings.